The standard InChI is InChI=1S/C12H11ClN4O2/c1-19-9-5-7(4-8(14)6-9)11(18)16-10-2-3-15-12(13)17-10/h2-6H,14H2,1H3,(H,15,16,17,18). The summed E-state index contributed by atoms with van der Waals surface area (Å²) in [7, 11) is 1.50. The Labute approximate surface area is 114 Å². The number of carbonyl (C=O) groups is 1. The van der Waals surface area contributed by atoms with Crippen LogP contribution >= 0.6 is 11.6 Å². The van der Waals surface area contributed by atoms with Crippen molar-refractivity contribution in [2.45, 2.75) is 0 Å². The Morgan fingerprint density at radius 3 is 2.89 bits per heavy atom. The first kappa shape index (κ1) is 13.1. The van der Waals surface area contributed by atoms with Crippen molar-refractivity contribution < 1.29 is 9.53 Å². The van der Waals surface area contributed by atoms with Gasteiger partial charge in [-0.15, -0.1) is 0 Å². The lowest BCUT2D eigenvalue weighted by Crippen LogP contribution is -2.13. The minimum absolute atomic E-state index is 0.0583. The highest BCUT2D eigenvalue weighted by molar-refractivity contribution is 6.28. The molecule has 19 heavy (non-hydrogen) atoms. The molecule has 2 rings (SSSR count). The highest BCUT2D eigenvalue weighted by Crippen LogP contribution is 2.19. The number of benzene rings is 1. The molecule has 7 heteroatoms. The summed E-state index contributed by atoms with van der Waals surface area (Å²) in [4.78, 5) is 19.6. The predicted octanol–water partition coefficient (Wildman–Crippen LogP) is 1.97. The van der Waals surface area contributed by atoms with Crippen LogP contribution in [0.4, 0.5) is 11.5 Å². The fourth-order valence-electron chi connectivity index (χ4n) is 1.46. The molecule has 0 aliphatic rings. The van der Waals surface area contributed by atoms with Gasteiger partial charge in [0.05, 0.1) is 7.11 Å². The van der Waals surface area contributed by atoms with Crippen molar-refractivity contribution in [3.63, 3.8) is 0 Å². The third-order valence-electron chi connectivity index (χ3n) is 2.29. The number of aromatic nitrogens is 2. The lowest BCUT2D eigenvalue weighted by molar-refractivity contribution is 0.102. The van der Waals surface area contributed by atoms with Crippen LogP contribution in [-0.2, 0) is 0 Å². The van der Waals surface area contributed by atoms with E-state index in [0.717, 1.165) is 0 Å². The molecular weight excluding hydrogens is 268 g/mol. The van der Waals surface area contributed by atoms with E-state index in [9.17, 15) is 4.79 Å². The van der Waals surface area contributed by atoms with Crippen molar-refractivity contribution in [1.29, 1.82) is 0 Å². The Balaban J connectivity index is 2.22. The maximum atomic E-state index is 12.0. The summed E-state index contributed by atoms with van der Waals surface area (Å²) in [5.74, 6) is 0.456. The van der Waals surface area contributed by atoms with Crippen molar-refractivity contribution in [2.75, 3.05) is 18.2 Å². The number of amides is 1. The molecule has 1 heterocycles. The monoisotopic (exact) mass is 278 g/mol. The van der Waals surface area contributed by atoms with Crippen molar-refractivity contribution in [1.82, 2.24) is 9.97 Å². The molecule has 0 saturated carbocycles. The number of nitrogens with one attached hydrogen (secondary N) is 1. The largest absolute Gasteiger partial charge is 0.497 e. The molecule has 0 aliphatic heterocycles. The number of carbonyl (C=O) groups excluding carboxylic acids is 1. The third kappa shape index (κ3) is 3.32. The van der Waals surface area contributed by atoms with E-state index < -0.39 is 0 Å². The minimum Gasteiger partial charge on any atom is -0.497 e. The number of hydrogen-bond donors (Lipinski definition) is 2. The topological polar surface area (TPSA) is 90.1 Å². The number of anilines is 2. The lowest BCUT2D eigenvalue weighted by Gasteiger charge is -2.07. The minimum atomic E-state index is -0.361. The zero-order chi connectivity index (χ0) is 13.8. The Hall–Kier alpha value is -2.34. The fourth-order valence-corrected chi connectivity index (χ4v) is 1.61. The molecule has 98 valence electrons. The highest BCUT2D eigenvalue weighted by Gasteiger charge is 2.09. The summed E-state index contributed by atoms with van der Waals surface area (Å²) < 4.78 is 5.05. The van der Waals surface area contributed by atoms with Crippen molar-refractivity contribution >= 4 is 29.0 Å². The fraction of sp³-hybridized carbons (Fsp3) is 0.0833. The molecule has 0 spiro atoms. The summed E-state index contributed by atoms with van der Waals surface area (Å²) in [5.41, 5.74) is 6.49. The molecule has 0 saturated heterocycles. The summed E-state index contributed by atoms with van der Waals surface area (Å²) in [5, 5.41) is 2.65. The van der Waals surface area contributed by atoms with Crippen LogP contribution in [0.15, 0.2) is 30.5 Å². The normalized spacial score (nSPS) is 10.0. The summed E-state index contributed by atoms with van der Waals surface area (Å²) in [6.07, 6.45) is 1.45. The SMILES string of the molecule is COc1cc(N)cc(C(=O)Nc2ccnc(Cl)n2)c1. The van der Waals surface area contributed by atoms with Crippen molar-refractivity contribution in [3.05, 3.63) is 41.3 Å². The smallest absolute Gasteiger partial charge is 0.257 e. The molecule has 0 bridgehead atoms. The van der Waals surface area contributed by atoms with Crippen LogP contribution in [0.5, 0.6) is 5.75 Å². The van der Waals surface area contributed by atoms with Crippen LogP contribution in [0, 0.1) is 0 Å². The van der Waals surface area contributed by atoms with Gasteiger partial charge < -0.3 is 15.8 Å². The average molecular weight is 279 g/mol. The maximum Gasteiger partial charge on any atom is 0.257 e. The molecular formula is C12H11ClN4O2. The zero-order valence-corrected chi connectivity index (χ0v) is 10.8. The first-order valence-electron chi connectivity index (χ1n) is 5.33. The van der Waals surface area contributed by atoms with Crippen LogP contribution in [0.2, 0.25) is 5.28 Å². The Morgan fingerprint density at radius 1 is 1.42 bits per heavy atom. The van der Waals surface area contributed by atoms with Crippen LogP contribution < -0.4 is 15.8 Å². The highest BCUT2D eigenvalue weighted by atomic mass is 35.5. The van der Waals surface area contributed by atoms with Crippen molar-refractivity contribution in [2.24, 2.45) is 0 Å². The molecule has 1 aromatic heterocycles. The van der Waals surface area contributed by atoms with Gasteiger partial charge in [-0.1, -0.05) is 0 Å². The van der Waals surface area contributed by atoms with Gasteiger partial charge in [-0.05, 0) is 29.8 Å². The van der Waals surface area contributed by atoms with Crippen molar-refractivity contribution in [3.8, 4) is 5.75 Å². The number of rotatable bonds is 3. The van der Waals surface area contributed by atoms with Gasteiger partial charge in [0.1, 0.15) is 11.6 Å². The van der Waals surface area contributed by atoms with Gasteiger partial charge in [-0.25, -0.2) is 9.97 Å². The van der Waals surface area contributed by atoms with Gasteiger partial charge in [-0.3, -0.25) is 4.79 Å². The summed E-state index contributed by atoms with van der Waals surface area (Å²) in [6.45, 7) is 0. The average Bonchev–Trinajstić information content (AvgIpc) is 2.38. The van der Waals surface area contributed by atoms with Gasteiger partial charge in [0.25, 0.3) is 5.91 Å². The molecule has 0 atom stereocenters. The van der Waals surface area contributed by atoms with E-state index in [1.165, 1.54) is 19.4 Å². The molecule has 3 N–H and O–H groups in total. The second-order valence-electron chi connectivity index (χ2n) is 3.66. The van der Waals surface area contributed by atoms with E-state index in [-0.39, 0.29) is 11.2 Å². The lowest BCUT2D eigenvalue weighted by atomic mass is 10.2. The number of ether oxygens (including phenoxy) is 1. The molecule has 0 aliphatic carbocycles. The second kappa shape index (κ2) is 5.53. The molecule has 0 unspecified atom stereocenters. The van der Waals surface area contributed by atoms with Crippen LogP contribution in [0.3, 0.4) is 0 Å². The van der Waals surface area contributed by atoms with E-state index in [1.54, 1.807) is 18.2 Å². The van der Waals surface area contributed by atoms with Gasteiger partial charge in [0, 0.05) is 23.5 Å². The van der Waals surface area contributed by atoms with Gasteiger partial charge in [0.15, 0.2) is 0 Å². The van der Waals surface area contributed by atoms with E-state index in [2.05, 4.69) is 15.3 Å². The number of nitrogen functional groups attached to an aromatic ring is 1. The second-order valence-corrected chi connectivity index (χ2v) is 4.00. The van der Waals surface area contributed by atoms with E-state index in [1.807, 2.05) is 0 Å². The number of nitrogens with two attached hydrogens (primary N) is 1. The molecule has 0 fully saturated rings. The van der Waals surface area contributed by atoms with Gasteiger partial charge in [0.2, 0.25) is 5.28 Å². The van der Waals surface area contributed by atoms with E-state index in [4.69, 9.17) is 22.1 Å². The van der Waals surface area contributed by atoms with Crippen LogP contribution in [0.1, 0.15) is 10.4 Å². The summed E-state index contributed by atoms with van der Waals surface area (Å²) >= 11 is 5.63. The van der Waals surface area contributed by atoms with Gasteiger partial charge in [-0.2, -0.15) is 0 Å². The number of halogens is 1. The molecule has 6 nitrogen and oxygen atoms in total. The zero-order valence-electron chi connectivity index (χ0n) is 10.1. The predicted molar refractivity (Wildman–Crippen MR) is 72.4 cm³/mol. The third-order valence-corrected chi connectivity index (χ3v) is 2.48. The Morgan fingerprint density at radius 2 is 2.21 bits per heavy atom. The molecule has 0 radical (unpaired) electrons. The number of hydrogen-bond acceptors (Lipinski definition) is 5. The van der Waals surface area contributed by atoms with E-state index >= 15 is 0 Å². The van der Waals surface area contributed by atoms with Crippen LogP contribution in [-0.4, -0.2) is 23.0 Å². The first-order valence-corrected chi connectivity index (χ1v) is 5.71. The molecule has 2 aromatic rings. The van der Waals surface area contributed by atoms with E-state index in [0.29, 0.717) is 22.8 Å². The Bertz CT molecular complexity index is 618. The molecule has 1 aromatic carbocycles. The van der Waals surface area contributed by atoms with Crippen LogP contribution in [0.25, 0.3) is 0 Å². The number of nitrogens with zero attached hydrogens (tertiary/aromatic N) is 2. The van der Waals surface area contributed by atoms with Gasteiger partial charge >= 0.3 is 0 Å². The molecule has 1 amide bonds. The first-order chi connectivity index (χ1) is 9.08. The number of methoxy groups -OCH3 is 1. The quantitative estimate of drug-likeness (QED) is 0.662. The maximum absolute atomic E-state index is 12.0. The summed E-state index contributed by atoms with van der Waals surface area (Å²) in [6, 6.07) is 6.28. The Kier molecular flexibility index (Phi) is 3.82.